The van der Waals surface area contributed by atoms with E-state index in [0.29, 0.717) is 0 Å². The van der Waals surface area contributed by atoms with Crippen molar-refractivity contribution in [1.82, 2.24) is 5.32 Å². The molecule has 1 fully saturated rings. The van der Waals surface area contributed by atoms with E-state index in [1.807, 2.05) is 13.8 Å². The number of carbonyl (C=O) groups excluding carboxylic acids is 2. The van der Waals surface area contributed by atoms with E-state index in [9.17, 15) is 9.59 Å². The van der Waals surface area contributed by atoms with E-state index in [1.165, 1.54) is 0 Å². The Hall–Kier alpha value is -1.14. The topological polar surface area (TPSA) is 90.7 Å². The Morgan fingerprint density at radius 2 is 2.11 bits per heavy atom. The normalized spacial score (nSPS) is 26.9. The van der Waals surface area contributed by atoms with Crippen molar-refractivity contribution >= 4 is 11.9 Å². The molecule has 1 aliphatic rings. The number of carbonyl (C=O) groups is 2. The van der Waals surface area contributed by atoms with E-state index in [0.717, 1.165) is 6.42 Å². The molecule has 0 aliphatic heterocycles. The Kier molecular flexibility index (Phi) is 4.70. The van der Waals surface area contributed by atoms with Crippen molar-refractivity contribution in [3.63, 3.8) is 0 Å². The summed E-state index contributed by atoms with van der Waals surface area (Å²) in [6.45, 7) is 5.89. The van der Waals surface area contributed by atoms with Crippen LogP contribution in [0.5, 0.6) is 0 Å². The highest BCUT2D eigenvalue weighted by atomic mass is 16.5. The molecule has 104 valence electrons. The molecule has 18 heavy (non-hydrogen) atoms. The third kappa shape index (κ3) is 2.81. The summed E-state index contributed by atoms with van der Waals surface area (Å²) in [5.74, 6) is -1.20. The largest absolute Gasteiger partial charge is 0.464 e. The van der Waals surface area contributed by atoms with Crippen LogP contribution < -0.4 is 11.1 Å². The molecule has 3 unspecified atom stereocenters. The van der Waals surface area contributed by atoms with E-state index in [2.05, 4.69) is 5.32 Å². The molecule has 6 heteroatoms. The Labute approximate surface area is 107 Å². The summed E-state index contributed by atoms with van der Waals surface area (Å²) in [4.78, 5) is 23.1. The highest BCUT2D eigenvalue weighted by Crippen LogP contribution is 2.42. The lowest BCUT2D eigenvalue weighted by molar-refractivity contribution is -0.150. The summed E-state index contributed by atoms with van der Waals surface area (Å²) in [5, 5.41) is 2.77. The van der Waals surface area contributed by atoms with Crippen LogP contribution in [0.25, 0.3) is 0 Å². The van der Waals surface area contributed by atoms with Crippen molar-refractivity contribution in [1.29, 1.82) is 0 Å². The molecule has 3 N–H and O–H groups in total. The van der Waals surface area contributed by atoms with Gasteiger partial charge in [0.05, 0.1) is 12.7 Å². The van der Waals surface area contributed by atoms with Crippen LogP contribution in [0.4, 0.5) is 0 Å². The third-order valence-corrected chi connectivity index (χ3v) is 3.60. The number of ether oxygens (including phenoxy) is 2. The maximum absolute atomic E-state index is 11.8. The molecule has 0 saturated heterocycles. The molecule has 1 rings (SSSR count). The Morgan fingerprint density at radius 3 is 2.56 bits per heavy atom. The number of amides is 1. The van der Waals surface area contributed by atoms with Gasteiger partial charge < -0.3 is 20.5 Å². The van der Waals surface area contributed by atoms with Gasteiger partial charge in [0.1, 0.15) is 0 Å². The van der Waals surface area contributed by atoms with Crippen molar-refractivity contribution in [3.05, 3.63) is 0 Å². The first-order valence-corrected chi connectivity index (χ1v) is 6.10. The maximum atomic E-state index is 11.8. The summed E-state index contributed by atoms with van der Waals surface area (Å²) < 4.78 is 9.99. The lowest BCUT2D eigenvalue weighted by Crippen LogP contribution is -2.64. The van der Waals surface area contributed by atoms with Crippen molar-refractivity contribution in [2.24, 2.45) is 11.1 Å². The molecule has 0 bridgehead atoms. The van der Waals surface area contributed by atoms with Gasteiger partial charge in [-0.05, 0) is 13.3 Å². The summed E-state index contributed by atoms with van der Waals surface area (Å²) in [6, 6.07) is -1.29. The lowest BCUT2D eigenvalue weighted by atomic mass is 9.64. The van der Waals surface area contributed by atoms with Crippen molar-refractivity contribution < 1.29 is 19.1 Å². The van der Waals surface area contributed by atoms with Crippen LogP contribution in [0.2, 0.25) is 0 Å². The zero-order chi connectivity index (χ0) is 13.9. The fourth-order valence-electron chi connectivity index (χ4n) is 2.13. The van der Waals surface area contributed by atoms with Gasteiger partial charge in [-0.3, -0.25) is 4.79 Å². The molecule has 0 aromatic heterocycles. The van der Waals surface area contributed by atoms with Gasteiger partial charge in [0.2, 0.25) is 5.91 Å². The van der Waals surface area contributed by atoms with Gasteiger partial charge in [-0.1, -0.05) is 13.8 Å². The van der Waals surface area contributed by atoms with Gasteiger partial charge in [-0.15, -0.1) is 0 Å². The number of hydrogen-bond acceptors (Lipinski definition) is 5. The average molecular weight is 258 g/mol. The molecule has 1 aliphatic carbocycles. The molecule has 0 radical (unpaired) electrons. The zero-order valence-corrected chi connectivity index (χ0v) is 11.4. The molecule has 0 spiro atoms. The highest BCUT2D eigenvalue weighted by molar-refractivity contribution is 6.01. The first-order valence-electron chi connectivity index (χ1n) is 6.10. The molecule has 0 heterocycles. The minimum atomic E-state index is -1.26. The fraction of sp³-hybridized carbons (Fsp3) is 0.833. The number of hydrogen-bond donors (Lipinski definition) is 2. The number of nitrogens with two attached hydrogens (primary N) is 1. The SMILES string of the molecule is CCOC(=O)C(N)C(=O)NC1CC(OC)C1(C)C. The van der Waals surface area contributed by atoms with Crippen LogP contribution in [0.15, 0.2) is 0 Å². The standard InChI is InChI=1S/C12H22N2O4/c1-5-18-11(16)9(13)10(15)14-7-6-8(17-4)12(7,2)3/h7-9H,5-6,13H2,1-4H3,(H,14,15). The Balaban J connectivity index is 2.49. The first kappa shape index (κ1) is 14.9. The monoisotopic (exact) mass is 258 g/mol. The van der Waals surface area contributed by atoms with Crippen LogP contribution in [-0.4, -0.2) is 43.8 Å². The molecular weight excluding hydrogens is 236 g/mol. The van der Waals surface area contributed by atoms with Crippen molar-refractivity contribution in [3.8, 4) is 0 Å². The Morgan fingerprint density at radius 1 is 1.50 bits per heavy atom. The van der Waals surface area contributed by atoms with Crippen LogP contribution in [0.3, 0.4) is 0 Å². The molecule has 0 aromatic carbocycles. The van der Waals surface area contributed by atoms with Crippen LogP contribution in [0.1, 0.15) is 27.2 Å². The lowest BCUT2D eigenvalue weighted by Gasteiger charge is -2.51. The minimum absolute atomic E-state index is 0.0320. The minimum Gasteiger partial charge on any atom is -0.464 e. The molecule has 6 nitrogen and oxygen atoms in total. The predicted octanol–water partition coefficient (Wildman–Crippen LogP) is -0.193. The summed E-state index contributed by atoms with van der Waals surface area (Å²) in [5.41, 5.74) is 5.36. The highest BCUT2D eigenvalue weighted by Gasteiger charge is 2.49. The zero-order valence-electron chi connectivity index (χ0n) is 11.4. The van der Waals surface area contributed by atoms with E-state index >= 15 is 0 Å². The van der Waals surface area contributed by atoms with Gasteiger partial charge in [-0.25, -0.2) is 4.79 Å². The van der Waals surface area contributed by atoms with E-state index < -0.39 is 17.9 Å². The molecule has 1 amide bonds. The van der Waals surface area contributed by atoms with Gasteiger partial charge in [0.25, 0.3) is 0 Å². The molecule has 1 saturated carbocycles. The van der Waals surface area contributed by atoms with E-state index in [1.54, 1.807) is 14.0 Å². The van der Waals surface area contributed by atoms with Crippen molar-refractivity contribution in [2.45, 2.75) is 45.4 Å². The van der Waals surface area contributed by atoms with Gasteiger partial charge in [0, 0.05) is 18.6 Å². The van der Waals surface area contributed by atoms with Crippen LogP contribution >= 0.6 is 0 Å². The molecular formula is C12H22N2O4. The Bertz CT molecular complexity index is 330. The number of rotatable bonds is 5. The summed E-state index contributed by atoms with van der Waals surface area (Å²) >= 11 is 0. The summed E-state index contributed by atoms with van der Waals surface area (Å²) in [7, 11) is 1.65. The van der Waals surface area contributed by atoms with Gasteiger partial charge in [-0.2, -0.15) is 0 Å². The van der Waals surface area contributed by atoms with Gasteiger partial charge in [0.15, 0.2) is 6.04 Å². The summed E-state index contributed by atoms with van der Waals surface area (Å²) in [6.07, 6.45) is 0.840. The van der Waals surface area contributed by atoms with Gasteiger partial charge >= 0.3 is 5.97 Å². The second-order valence-electron chi connectivity index (χ2n) is 5.07. The predicted molar refractivity (Wildman–Crippen MR) is 65.7 cm³/mol. The number of esters is 1. The third-order valence-electron chi connectivity index (χ3n) is 3.60. The van der Waals surface area contributed by atoms with Crippen LogP contribution in [0, 0.1) is 5.41 Å². The second-order valence-corrected chi connectivity index (χ2v) is 5.07. The van der Waals surface area contributed by atoms with Crippen LogP contribution in [-0.2, 0) is 19.1 Å². The number of methoxy groups -OCH3 is 1. The van der Waals surface area contributed by atoms with Crippen molar-refractivity contribution in [2.75, 3.05) is 13.7 Å². The maximum Gasteiger partial charge on any atom is 0.332 e. The second kappa shape index (κ2) is 5.67. The molecule has 0 aromatic rings. The molecule has 3 atom stereocenters. The first-order chi connectivity index (χ1) is 8.34. The quantitative estimate of drug-likeness (QED) is 0.527. The smallest absolute Gasteiger partial charge is 0.332 e. The van der Waals surface area contributed by atoms with E-state index in [-0.39, 0.29) is 24.2 Å². The average Bonchev–Trinajstić information content (AvgIpc) is 2.32. The number of nitrogens with one attached hydrogen (secondary N) is 1. The fourth-order valence-corrected chi connectivity index (χ4v) is 2.13. The van der Waals surface area contributed by atoms with E-state index in [4.69, 9.17) is 15.2 Å².